The molecule has 1 aromatic rings. The lowest BCUT2D eigenvalue weighted by atomic mass is 9.99. The van der Waals surface area contributed by atoms with Crippen molar-refractivity contribution in [1.82, 2.24) is 5.43 Å². The van der Waals surface area contributed by atoms with Gasteiger partial charge in [-0.1, -0.05) is 0 Å². The van der Waals surface area contributed by atoms with E-state index in [-0.39, 0.29) is 18.0 Å². The van der Waals surface area contributed by atoms with Gasteiger partial charge in [-0.3, -0.25) is 30.0 Å². The highest BCUT2D eigenvalue weighted by Crippen LogP contribution is 2.32. The number of hydrogen-bond donors (Lipinski definition) is 2. The molecular weight excluding hydrogens is 264 g/mol. The minimum atomic E-state index is -0.770. The molecule has 3 N–H and O–H groups in total. The van der Waals surface area contributed by atoms with Crippen LogP contribution in [0, 0.1) is 10.1 Å². The fourth-order valence-corrected chi connectivity index (χ4v) is 2.28. The summed E-state index contributed by atoms with van der Waals surface area (Å²) < 4.78 is 0. The van der Waals surface area contributed by atoms with E-state index in [0.717, 1.165) is 0 Å². The summed E-state index contributed by atoms with van der Waals surface area (Å²) in [5.41, 5.74) is 3.16. The number of rotatable bonds is 3. The highest BCUT2D eigenvalue weighted by molar-refractivity contribution is 6.02. The Bertz CT molecular complexity index is 587. The summed E-state index contributed by atoms with van der Waals surface area (Å²) in [6.45, 7) is 1.55. The van der Waals surface area contributed by atoms with Crippen molar-refractivity contribution in [1.29, 1.82) is 0 Å². The first-order valence-corrected chi connectivity index (χ1v) is 6.05. The van der Waals surface area contributed by atoms with Gasteiger partial charge in [-0.2, -0.15) is 0 Å². The van der Waals surface area contributed by atoms with Gasteiger partial charge < -0.3 is 0 Å². The van der Waals surface area contributed by atoms with Crippen molar-refractivity contribution in [3.63, 3.8) is 0 Å². The molecule has 2 amide bonds. The number of nitrogens with one attached hydrogen (secondary N) is 1. The van der Waals surface area contributed by atoms with E-state index in [2.05, 4.69) is 0 Å². The van der Waals surface area contributed by atoms with Gasteiger partial charge in [-0.25, -0.2) is 5.84 Å². The molecule has 1 heterocycles. The predicted molar refractivity (Wildman–Crippen MR) is 70.7 cm³/mol. The molecular formula is C12H14N4O4. The molecule has 0 saturated carbocycles. The standard InChI is InChI=1S/C12H14N4O4/c1-7(12(18)14-13)15-10-4-3-9(16(19)20)6-8(10)2-5-11(15)17/h3-4,6-7H,2,5,13H2,1H3,(H,14,18). The van der Waals surface area contributed by atoms with Crippen LogP contribution in [0.4, 0.5) is 11.4 Å². The number of anilines is 1. The van der Waals surface area contributed by atoms with Crippen LogP contribution in [-0.2, 0) is 16.0 Å². The third-order valence-corrected chi connectivity index (χ3v) is 3.32. The number of nitro benzene ring substituents is 1. The van der Waals surface area contributed by atoms with E-state index >= 15 is 0 Å². The molecule has 2 rings (SSSR count). The number of non-ortho nitro benzene ring substituents is 1. The SMILES string of the molecule is CC(C(=O)NN)N1C(=O)CCc2cc([N+](=O)[O-])ccc21. The summed E-state index contributed by atoms with van der Waals surface area (Å²) in [6.07, 6.45) is 0.625. The van der Waals surface area contributed by atoms with E-state index in [1.165, 1.54) is 23.1 Å². The molecule has 0 saturated heterocycles. The topological polar surface area (TPSA) is 119 Å². The van der Waals surface area contributed by atoms with Crippen LogP contribution in [0.2, 0.25) is 0 Å². The van der Waals surface area contributed by atoms with Crippen molar-refractivity contribution < 1.29 is 14.5 Å². The predicted octanol–water partition coefficient (Wildman–Crippen LogP) is 0.252. The van der Waals surface area contributed by atoms with Crippen molar-refractivity contribution >= 4 is 23.2 Å². The maximum atomic E-state index is 12.0. The van der Waals surface area contributed by atoms with Gasteiger partial charge in [0, 0.05) is 24.2 Å². The molecule has 8 nitrogen and oxygen atoms in total. The van der Waals surface area contributed by atoms with Crippen LogP contribution in [0.3, 0.4) is 0 Å². The van der Waals surface area contributed by atoms with E-state index in [1.807, 2.05) is 5.43 Å². The molecule has 106 valence electrons. The lowest BCUT2D eigenvalue weighted by molar-refractivity contribution is -0.384. The average Bonchev–Trinajstić information content (AvgIpc) is 2.45. The second-order valence-corrected chi connectivity index (χ2v) is 4.52. The number of benzene rings is 1. The Morgan fingerprint density at radius 1 is 1.50 bits per heavy atom. The number of nitrogens with zero attached hydrogens (tertiary/aromatic N) is 2. The Kier molecular flexibility index (Phi) is 3.66. The van der Waals surface area contributed by atoms with Crippen LogP contribution in [-0.4, -0.2) is 22.8 Å². The number of carbonyl (C=O) groups is 2. The summed E-state index contributed by atoms with van der Waals surface area (Å²) >= 11 is 0. The van der Waals surface area contributed by atoms with Crippen molar-refractivity contribution in [3.8, 4) is 0 Å². The Morgan fingerprint density at radius 2 is 2.20 bits per heavy atom. The lowest BCUT2D eigenvalue weighted by Gasteiger charge is -2.33. The number of carbonyl (C=O) groups excluding carboxylic acids is 2. The average molecular weight is 278 g/mol. The highest BCUT2D eigenvalue weighted by atomic mass is 16.6. The smallest absolute Gasteiger partial charge is 0.269 e. The molecule has 1 aliphatic heterocycles. The number of hydrogen-bond acceptors (Lipinski definition) is 5. The number of hydrazine groups is 1. The maximum absolute atomic E-state index is 12.0. The first-order chi connectivity index (χ1) is 9.45. The van der Waals surface area contributed by atoms with Crippen molar-refractivity contribution in [3.05, 3.63) is 33.9 Å². The second kappa shape index (κ2) is 5.25. The number of nitro groups is 1. The van der Waals surface area contributed by atoms with Gasteiger partial charge in [0.1, 0.15) is 6.04 Å². The molecule has 8 heteroatoms. The summed E-state index contributed by atoms with van der Waals surface area (Å²) in [6, 6.07) is 3.47. The first kappa shape index (κ1) is 13.9. The van der Waals surface area contributed by atoms with Gasteiger partial charge >= 0.3 is 0 Å². The summed E-state index contributed by atoms with van der Waals surface area (Å²) in [5, 5.41) is 10.8. The van der Waals surface area contributed by atoms with E-state index in [1.54, 1.807) is 6.92 Å². The van der Waals surface area contributed by atoms with E-state index in [9.17, 15) is 19.7 Å². The van der Waals surface area contributed by atoms with Crippen molar-refractivity contribution in [2.45, 2.75) is 25.8 Å². The van der Waals surface area contributed by atoms with Crippen LogP contribution >= 0.6 is 0 Å². The van der Waals surface area contributed by atoms with Gasteiger partial charge in [0.15, 0.2) is 0 Å². The zero-order chi connectivity index (χ0) is 14.9. The number of fused-ring (bicyclic) bond motifs is 1. The molecule has 20 heavy (non-hydrogen) atoms. The van der Waals surface area contributed by atoms with E-state index in [0.29, 0.717) is 17.7 Å². The lowest BCUT2D eigenvalue weighted by Crippen LogP contribution is -2.51. The van der Waals surface area contributed by atoms with Gasteiger partial charge in [0.05, 0.1) is 4.92 Å². The normalized spacial score (nSPS) is 15.5. The van der Waals surface area contributed by atoms with Crippen LogP contribution in [0.15, 0.2) is 18.2 Å². The van der Waals surface area contributed by atoms with Gasteiger partial charge in [0.25, 0.3) is 11.6 Å². The minimum Gasteiger partial charge on any atom is -0.300 e. The zero-order valence-electron chi connectivity index (χ0n) is 10.8. The molecule has 1 aliphatic rings. The largest absolute Gasteiger partial charge is 0.300 e. The first-order valence-electron chi connectivity index (χ1n) is 6.05. The molecule has 1 atom stereocenters. The molecule has 0 aromatic heterocycles. The third kappa shape index (κ3) is 2.32. The summed E-state index contributed by atoms with van der Waals surface area (Å²) in [5.74, 6) is 4.38. The quantitative estimate of drug-likeness (QED) is 0.355. The Balaban J connectivity index is 2.44. The Hall–Kier alpha value is -2.48. The molecule has 1 unspecified atom stereocenters. The van der Waals surface area contributed by atoms with Gasteiger partial charge in [-0.15, -0.1) is 0 Å². The second-order valence-electron chi connectivity index (χ2n) is 4.52. The van der Waals surface area contributed by atoms with Crippen LogP contribution < -0.4 is 16.2 Å². The highest BCUT2D eigenvalue weighted by Gasteiger charge is 2.32. The van der Waals surface area contributed by atoms with Crippen molar-refractivity contribution in [2.24, 2.45) is 5.84 Å². The van der Waals surface area contributed by atoms with Crippen LogP contribution in [0.5, 0.6) is 0 Å². The monoisotopic (exact) mass is 278 g/mol. The number of aryl methyl sites for hydroxylation is 1. The molecule has 1 aromatic carbocycles. The maximum Gasteiger partial charge on any atom is 0.269 e. The minimum absolute atomic E-state index is 0.0334. The number of amides is 2. The van der Waals surface area contributed by atoms with Gasteiger partial charge in [-0.05, 0) is 25.0 Å². The third-order valence-electron chi connectivity index (χ3n) is 3.32. The zero-order valence-corrected chi connectivity index (χ0v) is 10.8. The fourth-order valence-electron chi connectivity index (χ4n) is 2.28. The van der Waals surface area contributed by atoms with E-state index in [4.69, 9.17) is 5.84 Å². The summed E-state index contributed by atoms with van der Waals surface area (Å²) in [7, 11) is 0. The molecule has 0 fully saturated rings. The molecule has 0 bridgehead atoms. The van der Waals surface area contributed by atoms with Gasteiger partial charge in [0.2, 0.25) is 5.91 Å². The Labute approximate surface area is 114 Å². The van der Waals surface area contributed by atoms with Crippen LogP contribution in [0.25, 0.3) is 0 Å². The fraction of sp³-hybridized carbons (Fsp3) is 0.333. The summed E-state index contributed by atoms with van der Waals surface area (Å²) in [4.78, 5) is 35.2. The van der Waals surface area contributed by atoms with Crippen LogP contribution in [0.1, 0.15) is 18.9 Å². The van der Waals surface area contributed by atoms with E-state index < -0.39 is 16.9 Å². The van der Waals surface area contributed by atoms with Crippen molar-refractivity contribution in [2.75, 3.05) is 4.90 Å². The molecule has 0 spiro atoms. The Morgan fingerprint density at radius 3 is 2.80 bits per heavy atom. The molecule has 0 aliphatic carbocycles. The molecule has 0 radical (unpaired) electrons. The number of nitrogens with two attached hydrogens (primary N) is 1.